The SMILES string of the molecule is CCC[C@H](O[Si](C)(C)C(C)(C)C)[C@@H](C)C(=O)NCC#CC[C@@H](C)[C@@H](O[Si](C)(C)C(C)(C)C)[C@H](C)[C@@H]1CC#CC[C@H](C)C(O[Si](C(C)C)(C(C)C)C(C)C)Cc2cc(OC)cc(O)c2C(=O)O1. The summed E-state index contributed by atoms with van der Waals surface area (Å²) in [6, 6.07) is 3.33. The lowest BCUT2D eigenvalue weighted by atomic mass is 9.86. The molecule has 0 radical (unpaired) electrons. The summed E-state index contributed by atoms with van der Waals surface area (Å²) in [7, 11) is -5.20. The van der Waals surface area contributed by atoms with E-state index in [2.05, 4.69) is 166 Å². The van der Waals surface area contributed by atoms with Gasteiger partial charge in [-0.2, -0.15) is 0 Å². The molecule has 0 aliphatic carbocycles. The number of amides is 1. The first kappa shape index (κ1) is 59.5. The van der Waals surface area contributed by atoms with Crippen molar-refractivity contribution in [2.75, 3.05) is 13.7 Å². The minimum Gasteiger partial charge on any atom is -0.507 e. The van der Waals surface area contributed by atoms with Gasteiger partial charge in [-0.15, -0.1) is 11.8 Å². The number of benzene rings is 1. The number of phenols is 1. The summed E-state index contributed by atoms with van der Waals surface area (Å²) >= 11 is 0. The number of ether oxygens (including phenoxy) is 2. The zero-order valence-corrected chi connectivity index (χ0v) is 48.8. The number of nitrogens with one attached hydrogen (secondary N) is 1. The Balaban J connectivity index is 2.54. The maximum atomic E-state index is 14.6. The van der Waals surface area contributed by atoms with Crippen molar-refractivity contribution in [2.45, 2.75) is 234 Å². The molecule has 0 fully saturated rings. The van der Waals surface area contributed by atoms with Crippen LogP contribution in [0.3, 0.4) is 0 Å². The number of aromatic hydroxyl groups is 1. The second-order valence-electron chi connectivity index (χ2n) is 23.5. The largest absolute Gasteiger partial charge is 0.507 e. The number of carbonyl (C=O) groups excluding carboxylic acids is 2. The quantitative estimate of drug-likeness (QED) is 0.0801. The lowest BCUT2D eigenvalue weighted by Gasteiger charge is -2.46. The maximum Gasteiger partial charge on any atom is 0.342 e. The number of carbonyl (C=O) groups is 2. The van der Waals surface area contributed by atoms with E-state index in [9.17, 15) is 14.7 Å². The van der Waals surface area contributed by atoms with E-state index >= 15 is 0 Å². The average molecular weight is 971 g/mol. The molecule has 376 valence electrons. The van der Waals surface area contributed by atoms with Gasteiger partial charge in [0.05, 0.1) is 37.9 Å². The van der Waals surface area contributed by atoms with Crippen molar-refractivity contribution in [2.24, 2.45) is 23.7 Å². The number of hydrogen-bond acceptors (Lipinski definition) is 8. The van der Waals surface area contributed by atoms with Crippen molar-refractivity contribution in [1.82, 2.24) is 5.32 Å². The Labute approximate surface area is 407 Å². The van der Waals surface area contributed by atoms with E-state index in [0.717, 1.165) is 12.8 Å². The van der Waals surface area contributed by atoms with Gasteiger partial charge in [0.1, 0.15) is 23.2 Å². The minimum absolute atomic E-state index is 0.0442. The van der Waals surface area contributed by atoms with E-state index in [1.807, 2.05) is 13.0 Å². The van der Waals surface area contributed by atoms with Crippen molar-refractivity contribution in [1.29, 1.82) is 0 Å². The van der Waals surface area contributed by atoms with Crippen LogP contribution in [0.1, 0.15) is 166 Å². The van der Waals surface area contributed by atoms with E-state index in [4.69, 9.17) is 22.8 Å². The predicted octanol–water partition coefficient (Wildman–Crippen LogP) is 13.5. The third-order valence-electron chi connectivity index (χ3n) is 15.4. The van der Waals surface area contributed by atoms with Gasteiger partial charge in [-0.25, -0.2) is 4.79 Å². The number of phenolic OH excluding ortho intramolecular Hbond substituents is 1. The third kappa shape index (κ3) is 15.5. The van der Waals surface area contributed by atoms with Crippen LogP contribution in [0.5, 0.6) is 11.5 Å². The number of methoxy groups -OCH3 is 1. The second-order valence-corrected chi connectivity index (χ2v) is 38.4. The molecule has 1 heterocycles. The van der Waals surface area contributed by atoms with Crippen molar-refractivity contribution in [3.05, 3.63) is 23.3 Å². The van der Waals surface area contributed by atoms with E-state index in [1.54, 1.807) is 7.11 Å². The van der Waals surface area contributed by atoms with Crippen LogP contribution >= 0.6 is 0 Å². The molecule has 1 aliphatic heterocycles. The van der Waals surface area contributed by atoms with Gasteiger partial charge < -0.3 is 33.2 Å². The number of rotatable bonds is 19. The van der Waals surface area contributed by atoms with Gasteiger partial charge in [-0.3, -0.25) is 4.79 Å². The molecule has 1 aromatic carbocycles. The molecule has 8 atom stereocenters. The van der Waals surface area contributed by atoms with Crippen LogP contribution in [-0.4, -0.2) is 80.0 Å². The molecule has 0 spiro atoms. The molecule has 1 aliphatic rings. The standard InChI is InChI=1S/C54H95NO8Si3/c1-23-28-47(61-64(19,20)53(12,13)14)42(11)51(57)55-32-27-26-30-40(9)50(63-65(21,22)54(15,16)17)41(10)46-31-25-24-29-39(8)48(62-66(36(2)3,37(4)5)38(6)7)34-43-33-44(59-18)35-45(56)49(43)52(58)60-46/h33,35-42,46-48,50,56H,23,28-32,34H2,1-22H3,(H,55,57)/t39-,40+,41+,42+,46-,47-,48?,50+/m0/s1. The van der Waals surface area contributed by atoms with E-state index in [0.29, 0.717) is 53.6 Å². The van der Waals surface area contributed by atoms with Crippen LogP contribution in [-0.2, 0) is 29.2 Å². The normalized spacial score (nSPS) is 20.3. The van der Waals surface area contributed by atoms with Crippen LogP contribution in [0.4, 0.5) is 0 Å². The maximum absolute atomic E-state index is 14.6. The van der Waals surface area contributed by atoms with E-state index in [-0.39, 0.29) is 75.8 Å². The molecule has 2 rings (SSSR count). The first-order valence-corrected chi connectivity index (χ1v) is 33.1. The molecule has 0 bridgehead atoms. The van der Waals surface area contributed by atoms with Crippen molar-refractivity contribution < 1.29 is 37.4 Å². The molecule has 12 heteroatoms. The van der Waals surface area contributed by atoms with Gasteiger partial charge in [0.15, 0.2) is 16.6 Å². The first-order valence-electron chi connectivity index (χ1n) is 25.1. The van der Waals surface area contributed by atoms with Gasteiger partial charge >= 0.3 is 5.97 Å². The van der Waals surface area contributed by atoms with E-state index in [1.165, 1.54) is 6.07 Å². The van der Waals surface area contributed by atoms with Gasteiger partial charge in [0.2, 0.25) is 14.2 Å². The highest BCUT2D eigenvalue weighted by atomic mass is 28.4. The Morgan fingerprint density at radius 3 is 1.94 bits per heavy atom. The molecule has 2 N–H and O–H groups in total. The summed E-state index contributed by atoms with van der Waals surface area (Å²) in [5, 5.41) is 14.6. The summed E-state index contributed by atoms with van der Waals surface area (Å²) in [6.45, 7) is 46.7. The fourth-order valence-electron chi connectivity index (χ4n) is 9.08. The van der Waals surface area contributed by atoms with Crippen LogP contribution in [0.15, 0.2) is 12.1 Å². The second kappa shape index (κ2) is 24.8. The highest BCUT2D eigenvalue weighted by Crippen LogP contribution is 2.46. The summed E-state index contributed by atoms with van der Waals surface area (Å²) < 4.78 is 33.6. The molecule has 66 heavy (non-hydrogen) atoms. The van der Waals surface area contributed by atoms with Crippen LogP contribution in [0.2, 0.25) is 52.9 Å². The molecule has 0 aromatic heterocycles. The third-order valence-corrected chi connectivity index (χ3v) is 30.5. The topological polar surface area (TPSA) is 113 Å². The van der Waals surface area contributed by atoms with Crippen molar-refractivity contribution in [3.8, 4) is 35.2 Å². The summed E-state index contributed by atoms with van der Waals surface area (Å²) in [6.07, 6.45) is 2.24. The van der Waals surface area contributed by atoms with Gasteiger partial charge in [0, 0.05) is 31.2 Å². The minimum atomic E-state index is -2.35. The number of fused-ring (bicyclic) bond motifs is 1. The first-order chi connectivity index (χ1) is 30.3. The molecule has 1 amide bonds. The molecule has 0 saturated heterocycles. The van der Waals surface area contributed by atoms with E-state index < -0.39 is 37.0 Å². The molecule has 1 unspecified atom stereocenters. The molecular weight excluding hydrogens is 875 g/mol. The Morgan fingerprint density at radius 2 is 1.42 bits per heavy atom. The lowest BCUT2D eigenvalue weighted by molar-refractivity contribution is -0.127. The van der Waals surface area contributed by atoms with Gasteiger partial charge in [-0.1, -0.05) is 136 Å². The zero-order chi connectivity index (χ0) is 50.7. The Hall–Kier alpha value is -2.59. The van der Waals surface area contributed by atoms with Gasteiger partial charge in [-0.05, 0) is 89.2 Å². The highest BCUT2D eigenvalue weighted by Gasteiger charge is 2.48. The number of esters is 1. The Morgan fingerprint density at radius 1 is 0.879 bits per heavy atom. The molecule has 0 saturated carbocycles. The highest BCUT2D eigenvalue weighted by molar-refractivity contribution is 6.77. The number of cyclic esters (lactones) is 1. The Bertz CT molecular complexity index is 1840. The monoisotopic (exact) mass is 970 g/mol. The fourth-order valence-corrected chi connectivity index (χ4v) is 17.7. The number of hydrogen-bond donors (Lipinski definition) is 2. The van der Waals surface area contributed by atoms with Crippen LogP contribution in [0.25, 0.3) is 0 Å². The molecular formula is C54H95NO8Si3. The van der Waals surface area contributed by atoms with Gasteiger partial charge in [0.25, 0.3) is 0 Å². The average Bonchev–Trinajstić information content (AvgIpc) is 3.19. The smallest absolute Gasteiger partial charge is 0.342 e. The predicted molar refractivity (Wildman–Crippen MR) is 282 cm³/mol. The summed E-state index contributed by atoms with van der Waals surface area (Å²) in [4.78, 5) is 28.1. The lowest BCUT2D eigenvalue weighted by Crippen LogP contribution is -2.51. The summed E-state index contributed by atoms with van der Waals surface area (Å²) in [5.41, 5.74) is 1.87. The zero-order valence-electron chi connectivity index (χ0n) is 45.8. The van der Waals surface area contributed by atoms with Crippen molar-refractivity contribution in [3.63, 3.8) is 0 Å². The van der Waals surface area contributed by atoms with Crippen LogP contribution < -0.4 is 10.1 Å². The Kier molecular flexibility index (Phi) is 22.4. The molecule has 9 nitrogen and oxygen atoms in total. The fraction of sp³-hybridized carbons (Fsp3) is 0.778. The van der Waals surface area contributed by atoms with Crippen molar-refractivity contribution >= 4 is 36.8 Å². The summed E-state index contributed by atoms with van der Waals surface area (Å²) in [5.74, 6) is 12.5. The van der Waals surface area contributed by atoms with Crippen LogP contribution in [0, 0.1) is 47.4 Å². The molecule has 1 aromatic rings.